The first-order valence-corrected chi connectivity index (χ1v) is 8.47. The van der Waals surface area contributed by atoms with E-state index >= 15 is 0 Å². The van der Waals surface area contributed by atoms with Crippen molar-refractivity contribution in [1.82, 2.24) is 0 Å². The second kappa shape index (κ2) is 7.19. The van der Waals surface area contributed by atoms with Gasteiger partial charge in [0.2, 0.25) is 5.78 Å². The summed E-state index contributed by atoms with van der Waals surface area (Å²) in [6.07, 6.45) is 0. The minimum atomic E-state index is -0.457. The van der Waals surface area contributed by atoms with E-state index in [-0.39, 0.29) is 11.3 Å². The van der Waals surface area contributed by atoms with Crippen LogP contribution >= 0.6 is 0 Å². The first-order valence-electron chi connectivity index (χ1n) is 8.47. The van der Waals surface area contributed by atoms with Crippen LogP contribution in [-0.4, -0.2) is 5.78 Å². The molecule has 1 heterocycles. The molecular formula is C23H13F3O2. The van der Waals surface area contributed by atoms with Crippen molar-refractivity contribution in [3.8, 4) is 22.5 Å². The monoisotopic (exact) mass is 378 g/mol. The summed E-state index contributed by atoms with van der Waals surface area (Å²) in [5, 5.41) is 0. The lowest BCUT2D eigenvalue weighted by Gasteiger charge is -2.03. The van der Waals surface area contributed by atoms with Gasteiger partial charge in [-0.2, -0.15) is 0 Å². The zero-order chi connectivity index (χ0) is 19.7. The van der Waals surface area contributed by atoms with Crippen LogP contribution < -0.4 is 0 Å². The Morgan fingerprint density at radius 1 is 0.643 bits per heavy atom. The summed E-state index contributed by atoms with van der Waals surface area (Å²) < 4.78 is 45.5. The van der Waals surface area contributed by atoms with E-state index in [0.717, 1.165) is 0 Å². The van der Waals surface area contributed by atoms with Crippen LogP contribution in [0.4, 0.5) is 13.2 Å². The van der Waals surface area contributed by atoms with Gasteiger partial charge in [0, 0.05) is 16.7 Å². The molecule has 5 heteroatoms. The fourth-order valence-electron chi connectivity index (χ4n) is 2.89. The molecule has 0 fully saturated rings. The molecule has 0 spiro atoms. The average molecular weight is 378 g/mol. The minimum absolute atomic E-state index is 0.0394. The van der Waals surface area contributed by atoms with Crippen LogP contribution in [0, 0.1) is 17.5 Å². The number of carbonyl (C=O) groups is 1. The number of ketones is 1. The molecule has 0 atom stereocenters. The highest BCUT2D eigenvalue weighted by atomic mass is 19.1. The molecule has 0 saturated carbocycles. The standard InChI is InChI=1S/C23H13F3O2/c24-17-7-1-14(2-8-17)20-13-21(15-3-9-18(25)10-4-15)28-23(20)22(27)16-5-11-19(26)12-6-16/h1-13H. The van der Waals surface area contributed by atoms with E-state index in [1.165, 1.54) is 72.8 Å². The fourth-order valence-corrected chi connectivity index (χ4v) is 2.89. The van der Waals surface area contributed by atoms with Crippen molar-refractivity contribution in [1.29, 1.82) is 0 Å². The van der Waals surface area contributed by atoms with Crippen molar-refractivity contribution >= 4 is 5.78 Å². The predicted molar refractivity (Wildman–Crippen MR) is 99.3 cm³/mol. The van der Waals surface area contributed by atoms with Crippen molar-refractivity contribution in [2.75, 3.05) is 0 Å². The number of halogens is 3. The molecule has 0 N–H and O–H groups in total. The van der Waals surface area contributed by atoms with E-state index in [9.17, 15) is 18.0 Å². The molecule has 0 aliphatic carbocycles. The van der Waals surface area contributed by atoms with Gasteiger partial charge in [-0.25, -0.2) is 13.2 Å². The van der Waals surface area contributed by atoms with Crippen molar-refractivity contribution in [3.05, 3.63) is 108 Å². The first-order chi connectivity index (χ1) is 13.5. The molecule has 0 amide bonds. The number of hydrogen-bond acceptors (Lipinski definition) is 2. The highest BCUT2D eigenvalue weighted by molar-refractivity contribution is 6.11. The molecule has 0 aliphatic heterocycles. The van der Waals surface area contributed by atoms with Gasteiger partial charge in [0.25, 0.3) is 0 Å². The maximum Gasteiger partial charge on any atom is 0.228 e. The van der Waals surface area contributed by atoms with Crippen molar-refractivity contribution in [2.45, 2.75) is 0 Å². The third kappa shape index (κ3) is 3.47. The topological polar surface area (TPSA) is 30.2 Å². The van der Waals surface area contributed by atoms with Crippen LogP contribution in [0.15, 0.2) is 83.3 Å². The lowest BCUT2D eigenvalue weighted by Crippen LogP contribution is -2.01. The molecule has 0 bridgehead atoms. The molecule has 28 heavy (non-hydrogen) atoms. The molecule has 4 rings (SSSR count). The molecule has 2 nitrogen and oxygen atoms in total. The third-order valence-corrected chi connectivity index (χ3v) is 4.33. The molecular weight excluding hydrogens is 365 g/mol. The van der Waals surface area contributed by atoms with Gasteiger partial charge in [0.1, 0.15) is 23.2 Å². The van der Waals surface area contributed by atoms with Gasteiger partial charge in [0.05, 0.1) is 0 Å². The Labute approximate surface area is 158 Å². The summed E-state index contributed by atoms with van der Waals surface area (Å²) in [6.45, 7) is 0. The molecule has 4 aromatic rings. The summed E-state index contributed by atoms with van der Waals surface area (Å²) in [6, 6.07) is 18.1. The second-order valence-electron chi connectivity index (χ2n) is 6.20. The van der Waals surface area contributed by atoms with Gasteiger partial charge in [0.15, 0.2) is 5.76 Å². The van der Waals surface area contributed by atoms with Gasteiger partial charge in [-0.15, -0.1) is 0 Å². The van der Waals surface area contributed by atoms with Gasteiger partial charge in [-0.1, -0.05) is 12.1 Å². The van der Waals surface area contributed by atoms with Gasteiger partial charge in [-0.05, 0) is 72.3 Å². The van der Waals surface area contributed by atoms with Crippen molar-refractivity contribution < 1.29 is 22.4 Å². The maximum absolute atomic E-state index is 13.3. The van der Waals surface area contributed by atoms with Gasteiger partial charge < -0.3 is 4.42 Å². The molecule has 0 saturated heterocycles. The highest BCUT2D eigenvalue weighted by Crippen LogP contribution is 2.34. The molecule has 0 radical (unpaired) electrons. The largest absolute Gasteiger partial charge is 0.452 e. The van der Waals surface area contributed by atoms with Crippen LogP contribution in [0.3, 0.4) is 0 Å². The van der Waals surface area contributed by atoms with E-state index in [2.05, 4.69) is 0 Å². The van der Waals surface area contributed by atoms with Crippen LogP contribution in [0.25, 0.3) is 22.5 Å². The zero-order valence-corrected chi connectivity index (χ0v) is 14.5. The Balaban J connectivity index is 1.85. The van der Waals surface area contributed by atoms with E-state index < -0.39 is 23.2 Å². The third-order valence-electron chi connectivity index (χ3n) is 4.33. The number of rotatable bonds is 4. The van der Waals surface area contributed by atoms with Crippen molar-refractivity contribution in [2.24, 2.45) is 0 Å². The number of hydrogen-bond donors (Lipinski definition) is 0. The lowest BCUT2D eigenvalue weighted by molar-refractivity contribution is 0.101. The van der Waals surface area contributed by atoms with E-state index in [0.29, 0.717) is 22.5 Å². The molecule has 3 aromatic carbocycles. The molecule has 138 valence electrons. The van der Waals surface area contributed by atoms with Crippen LogP contribution in [0.5, 0.6) is 0 Å². The van der Waals surface area contributed by atoms with E-state index in [4.69, 9.17) is 4.42 Å². The smallest absolute Gasteiger partial charge is 0.228 e. The van der Waals surface area contributed by atoms with Crippen LogP contribution in [0.1, 0.15) is 16.1 Å². The predicted octanol–water partition coefficient (Wildman–Crippen LogP) is 6.26. The normalized spacial score (nSPS) is 10.8. The summed E-state index contributed by atoms with van der Waals surface area (Å²) in [7, 11) is 0. The number of carbonyl (C=O) groups excluding carboxylic acids is 1. The van der Waals surface area contributed by atoms with E-state index in [1.807, 2.05) is 0 Å². The van der Waals surface area contributed by atoms with Crippen LogP contribution in [0.2, 0.25) is 0 Å². The van der Waals surface area contributed by atoms with Crippen molar-refractivity contribution in [3.63, 3.8) is 0 Å². The maximum atomic E-state index is 13.3. The Hall–Kier alpha value is -3.60. The van der Waals surface area contributed by atoms with Gasteiger partial charge >= 0.3 is 0 Å². The second-order valence-corrected chi connectivity index (χ2v) is 6.20. The van der Waals surface area contributed by atoms with E-state index in [1.54, 1.807) is 6.07 Å². The summed E-state index contributed by atoms with van der Waals surface area (Å²) in [5.74, 6) is -1.29. The minimum Gasteiger partial charge on any atom is -0.452 e. The lowest BCUT2D eigenvalue weighted by atomic mass is 10.0. The quantitative estimate of drug-likeness (QED) is 0.392. The summed E-state index contributed by atoms with van der Waals surface area (Å²) in [5.41, 5.74) is 1.89. The summed E-state index contributed by atoms with van der Waals surface area (Å²) in [4.78, 5) is 13.0. The molecule has 0 aliphatic rings. The Morgan fingerprint density at radius 2 is 1.11 bits per heavy atom. The SMILES string of the molecule is O=C(c1ccc(F)cc1)c1oc(-c2ccc(F)cc2)cc1-c1ccc(F)cc1. The number of furan rings is 1. The zero-order valence-electron chi connectivity index (χ0n) is 14.5. The fraction of sp³-hybridized carbons (Fsp3) is 0. The van der Waals surface area contributed by atoms with Gasteiger partial charge in [-0.3, -0.25) is 4.79 Å². The summed E-state index contributed by atoms with van der Waals surface area (Å²) >= 11 is 0. The Bertz CT molecular complexity index is 1130. The molecule has 1 aromatic heterocycles. The van der Waals surface area contributed by atoms with Crippen LogP contribution in [-0.2, 0) is 0 Å². The first kappa shape index (κ1) is 17.8. The highest BCUT2D eigenvalue weighted by Gasteiger charge is 2.22. The Morgan fingerprint density at radius 3 is 1.64 bits per heavy atom. The molecule has 0 unspecified atom stereocenters. The number of benzene rings is 3. The average Bonchev–Trinajstić information content (AvgIpc) is 3.14. The Kier molecular flexibility index (Phi) is 4.57.